The third-order valence-electron chi connectivity index (χ3n) is 2.00. The molecule has 0 aliphatic rings. The highest BCUT2D eigenvalue weighted by atomic mass is 32.3. The normalized spacial score (nSPS) is 17.1. The summed E-state index contributed by atoms with van der Waals surface area (Å²) in [6, 6.07) is 0. The average molecular weight is 377 g/mol. The Morgan fingerprint density at radius 1 is 0.905 bits per heavy atom. The van der Waals surface area contributed by atoms with Crippen LogP contribution in [0.15, 0.2) is 0 Å². The van der Waals surface area contributed by atoms with Gasteiger partial charge in [0.1, 0.15) is 0 Å². The summed E-state index contributed by atoms with van der Waals surface area (Å²) in [5, 5.41) is -7.02. The number of alkyl halides is 9. The van der Waals surface area contributed by atoms with Crippen LogP contribution in [0.2, 0.25) is 0 Å². The van der Waals surface area contributed by atoms with Crippen LogP contribution in [0.25, 0.3) is 0 Å². The third kappa shape index (κ3) is 2.85. The van der Waals surface area contributed by atoms with E-state index in [1.165, 1.54) is 0 Å². The molecule has 1 unspecified atom stereocenters. The van der Waals surface area contributed by atoms with Crippen molar-refractivity contribution in [3.8, 4) is 0 Å². The maximum atomic E-state index is 13.0. The van der Waals surface area contributed by atoms with E-state index in [9.17, 15) is 52.1 Å². The third-order valence-corrected chi connectivity index (χ3v) is 4.99. The zero-order valence-corrected chi connectivity index (χ0v) is 11.0. The van der Waals surface area contributed by atoms with E-state index >= 15 is 0 Å². The van der Waals surface area contributed by atoms with Crippen molar-refractivity contribution in [1.82, 2.24) is 3.71 Å². The minimum Gasteiger partial charge on any atom is -0.293 e. The highest BCUT2D eigenvalue weighted by molar-refractivity contribution is 8.00. The Bertz CT molecular complexity index is 527. The SMILES string of the molecule is CN(S(=O)O)S(=O)(=O)C(F)(F)C(F)(F)C(F)(F)C(F)(F)F. The van der Waals surface area contributed by atoms with Gasteiger partial charge in [-0.05, 0) is 0 Å². The van der Waals surface area contributed by atoms with Crippen molar-refractivity contribution in [3.05, 3.63) is 0 Å². The first-order valence-electron chi connectivity index (χ1n) is 4.15. The molecule has 0 aliphatic carbocycles. The fourth-order valence-electron chi connectivity index (χ4n) is 0.768. The lowest BCUT2D eigenvalue weighted by Crippen LogP contribution is -2.65. The Morgan fingerprint density at radius 3 is 1.48 bits per heavy atom. The molecule has 0 fully saturated rings. The Labute approximate surface area is 113 Å². The summed E-state index contributed by atoms with van der Waals surface area (Å²) < 4.78 is 150. The zero-order valence-electron chi connectivity index (χ0n) is 9.34. The monoisotopic (exact) mass is 377 g/mol. The van der Waals surface area contributed by atoms with Crippen molar-refractivity contribution in [2.75, 3.05) is 7.05 Å². The Morgan fingerprint density at radius 2 is 1.24 bits per heavy atom. The molecular weight excluding hydrogens is 373 g/mol. The zero-order chi connectivity index (χ0) is 17.7. The van der Waals surface area contributed by atoms with E-state index in [1.807, 2.05) is 0 Å². The molecule has 1 atom stereocenters. The molecular formula is C5H4F9NO4S2. The van der Waals surface area contributed by atoms with Crippen molar-refractivity contribution in [3.63, 3.8) is 0 Å². The molecule has 0 saturated heterocycles. The molecule has 0 amide bonds. The first-order chi connectivity index (χ1) is 8.85. The highest BCUT2D eigenvalue weighted by Crippen LogP contribution is 2.55. The molecule has 0 bridgehead atoms. The standard InChI is InChI=1S/C5H4F9NO4S2/c1-15(20(16)17)21(18,19)5(13,14)3(8,9)2(6,7)4(10,11)12/h1H3,(H,16,17). The molecule has 21 heavy (non-hydrogen) atoms. The fourth-order valence-corrected chi connectivity index (χ4v) is 2.50. The maximum absolute atomic E-state index is 13.0. The summed E-state index contributed by atoms with van der Waals surface area (Å²) in [6.07, 6.45) is -7.20. The van der Waals surface area contributed by atoms with Gasteiger partial charge in [0.05, 0.1) is 0 Å². The lowest BCUT2D eigenvalue weighted by atomic mass is 10.1. The quantitative estimate of drug-likeness (QED) is 0.586. The number of hydrogen-bond donors (Lipinski definition) is 1. The first kappa shape index (κ1) is 20.4. The first-order valence-corrected chi connectivity index (χ1v) is 6.65. The van der Waals surface area contributed by atoms with Gasteiger partial charge in [-0.2, -0.15) is 39.5 Å². The number of rotatable bonds is 5. The smallest absolute Gasteiger partial charge is 0.293 e. The van der Waals surface area contributed by atoms with Gasteiger partial charge in [-0.3, -0.25) is 4.55 Å². The van der Waals surface area contributed by atoms with Crippen LogP contribution in [0.1, 0.15) is 0 Å². The summed E-state index contributed by atoms with van der Waals surface area (Å²) in [4.78, 5) is 0. The van der Waals surface area contributed by atoms with Crippen LogP contribution in [0.3, 0.4) is 0 Å². The van der Waals surface area contributed by atoms with Gasteiger partial charge in [-0.25, -0.2) is 12.6 Å². The van der Waals surface area contributed by atoms with Crippen LogP contribution in [0.5, 0.6) is 0 Å². The molecule has 0 aromatic rings. The van der Waals surface area contributed by atoms with Gasteiger partial charge in [-0.15, -0.1) is 0 Å². The summed E-state index contributed by atoms with van der Waals surface area (Å²) >= 11 is -3.90. The molecule has 0 aromatic carbocycles. The molecule has 5 nitrogen and oxygen atoms in total. The molecule has 0 aromatic heterocycles. The Kier molecular flexibility index (Phi) is 5.08. The van der Waals surface area contributed by atoms with E-state index in [1.54, 1.807) is 0 Å². The lowest BCUT2D eigenvalue weighted by Gasteiger charge is -2.33. The summed E-state index contributed by atoms with van der Waals surface area (Å²) in [6.45, 7) is 0. The van der Waals surface area contributed by atoms with Crippen LogP contribution in [-0.4, -0.2) is 51.2 Å². The van der Waals surface area contributed by atoms with Crippen LogP contribution < -0.4 is 0 Å². The molecule has 0 aliphatic heterocycles. The number of hydrogen-bond acceptors (Lipinski definition) is 3. The van der Waals surface area contributed by atoms with Gasteiger partial charge < -0.3 is 0 Å². The highest BCUT2D eigenvalue weighted by Gasteiger charge is 2.85. The summed E-state index contributed by atoms with van der Waals surface area (Å²) in [5.41, 5.74) is 0. The second-order valence-corrected chi connectivity index (χ2v) is 6.56. The minimum absolute atomic E-state index is 0.207. The largest absolute Gasteiger partial charge is 0.460 e. The van der Waals surface area contributed by atoms with Gasteiger partial charge >= 0.3 is 23.3 Å². The number of halogens is 9. The topological polar surface area (TPSA) is 74.7 Å². The maximum Gasteiger partial charge on any atom is 0.460 e. The van der Waals surface area contributed by atoms with Crippen molar-refractivity contribution in [1.29, 1.82) is 0 Å². The molecule has 0 rings (SSSR count). The van der Waals surface area contributed by atoms with E-state index < -0.39 is 48.3 Å². The molecule has 1 N–H and O–H groups in total. The van der Waals surface area contributed by atoms with Gasteiger partial charge in [0.2, 0.25) is 11.3 Å². The van der Waals surface area contributed by atoms with Crippen LogP contribution in [0.4, 0.5) is 39.5 Å². The predicted molar refractivity (Wildman–Crippen MR) is 48.4 cm³/mol. The van der Waals surface area contributed by atoms with Crippen molar-refractivity contribution >= 4 is 21.3 Å². The second-order valence-electron chi connectivity index (χ2n) is 3.31. The molecule has 0 spiro atoms. The van der Waals surface area contributed by atoms with Gasteiger partial charge in [0, 0.05) is 7.05 Å². The van der Waals surface area contributed by atoms with Gasteiger partial charge in [0.25, 0.3) is 10.0 Å². The van der Waals surface area contributed by atoms with Crippen molar-refractivity contribution in [2.24, 2.45) is 0 Å². The molecule has 0 heterocycles. The summed E-state index contributed by atoms with van der Waals surface area (Å²) in [5.74, 6) is -14.9. The van der Waals surface area contributed by atoms with E-state index in [4.69, 9.17) is 4.55 Å². The summed E-state index contributed by atoms with van der Waals surface area (Å²) in [7, 11) is -7.23. The Hall–Kier alpha value is -0.610. The van der Waals surface area contributed by atoms with Crippen molar-refractivity contribution < 1.29 is 56.7 Å². The van der Waals surface area contributed by atoms with E-state index in [0.29, 0.717) is 0 Å². The predicted octanol–water partition coefficient (Wildman–Crippen LogP) is 1.81. The van der Waals surface area contributed by atoms with E-state index in [2.05, 4.69) is 0 Å². The van der Waals surface area contributed by atoms with E-state index in [0.717, 1.165) is 0 Å². The molecule has 0 radical (unpaired) electrons. The van der Waals surface area contributed by atoms with Gasteiger partial charge in [-0.1, -0.05) is 3.71 Å². The fraction of sp³-hybridized carbons (Fsp3) is 1.00. The lowest BCUT2D eigenvalue weighted by molar-refractivity contribution is -0.382. The number of sulfonamides is 1. The molecule has 16 heteroatoms. The molecule has 0 saturated carbocycles. The molecule has 128 valence electrons. The average Bonchev–Trinajstić information content (AvgIpc) is 2.25. The van der Waals surface area contributed by atoms with Crippen LogP contribution >= 0.6 is 0 Å². The minimum atomic E-state index is -7.44. The van der Waals surface area contributed by atoms with E-state index in [-0.39, 0.29) is 7.05 Å². The van der Waals surface area contributed by atoms with Crippen LogP contribution in [0, 0.1) is 0 Å². The second kappa shape index (κ2) is 5.24. The van der Waals surface area contributed by atoms with Crippen molar-refractivity contribution in [2.45, 2.75) is 23.3 Å². The number of nitrogens with zero attached hydrogens (tertiary/aromatic N) is 1. The van der Waals surface area contributed by atoms with Gasteiger partial charge in [0.15, 0.2) is 0 Å². The Balaban J connectivity index is 6.21. The van der Waals surface area contributed by atoms with Crippen LogP contribution in [-0.2, 0) is 21.3 Å².